The molecule has 0 saturated heterocycles. The van der Waals surface area contributed by atoms with Gasteiger partial charge in [0.1, 0.15) is 0 Å². The molecule has 1 rings (SSSR count). The lowest BCUT2D eigenvalue weighted by Crippen LogP contribution is -2.31. The average Bonchev–Trinajstić information content (AvgIpc) is 2.46. The summed E-state index contributed by atoms with van der Waals surface area (Å²) in [6, 6.07) is 8.42. The van der Waals surface area contributed by atoms with Crippen molar-refractivity contribution in [3.8, 4) is 0 Å². The molecule has 1 aromatic carbocycles. The van der Waals surface area contributed by atoms with Gasteiger partial charge in [0.2, 0.25) is 0 Å². The van der Waals surface area contributed by atoms with Crippen molar-refractivity contribution in [2.75, 3.05) is 6.54 Å². The molecule has 0 bridgehead atoms. The summed E-state index contributed by atoms with van der Waals surface area (Å²) in [6.07, 6.45) is 3.78. The third kappa shape index (κ3) is 5.21. The summed E-state index contributed by atoms with van der Waals surface area (Å²) in [6.45, 7) is 8.77. The number of nitrogens with zero attached hydrogens (tertiary/aromatic N) is 2. The second-order valence-electron chi connectivity index (χ2n) is 5.45. The molecule has 112 valence electrons. The number of amidine groups is 1. The normalized spacial score (nSPS) is 12.3. The average molecular weight is 277 g/mol. The molecule has 0 atom stereocenters. The Hall–Kier alpha value is -1.55. The number of hydrogen-bond acceptors (Lipinski definition) is 3. The summed E-state index contributed by atoms with van der Waals surface area (Å²) >= 11 is 0. The molecule has 0 aromatic heterocycles. The highest BCUT2D eigenvalue weighted by molar-refractivity contribution is 5.96. The predicted molar refractivity (Wildman–Crippen MR) is 84.0 cm³/mol. The van der Waals surface area contributed by atoms with E-state index in [4.69, 9.17) is 10.9 Å². The van der Waals surface area contributed by atoms with Crippen LogP contribution in [0.2, 0.25) is 0 Å². The minimum Gasteiger partial charge on any atom is -0.409 e. The van der Waals surface area contributed by atoms with Crippen molar-refractivity contribution in [3.05, 3.63) is 35.4 Å². The van der Waals surface area contributed by atoms with E-state index >= 15 is 0 Å². The van der Waals surface area contributed by atoms with Gasteiger partial charge in [-0.25, -0.2) is 0 Å². The Morgan fingerprint density at radius 2 is 1.90 bits per heavy atom. The fraction of sp³-hybridized carbons (Fsp3) is 0.562. The third-order valence-corrected chi connectivity index (χ3v) is 3.52. The van der Waals surface area contributed by atoms with Gasteiger partial charge in [0, 0.05) is 18.2 Å². The van der Waals surface area contributed by atoms with E-state index in [1.807, 2.05) is 24.3 Å². The summed E-state index contributed by atoms with van der Waals surface area (Å²) < 4.78 is 0. The molecule has 0 amide bonds. The Balaban J connectivity index is 2.64. The second-order valence-corrected chi connectivity index (χ2v) is 5.45. The summed E-state index contributed by atoms with van der Waals surface area (Å²) in [7, 11) is 0. The number of hydrogen-bond donors (Lipinski definition) is 2. The van der Waals surface area contributed by atoms with Gasteiger partial charge in [-0.05, 0) is 32.4 Å². The lowest BCUT2D eigenvalue weighted by atomic mass is 10.1. The van der Waals surface area contributed by atoms with Gasteiger partial charge in [-0.2, -0.15) is 0 Å². The predicted octanol–water partition coefficient (Wildman–Crippen LogP) is 3.18. The van der Waals surface area contributed by atoms with Gasteiger partial charge >= 0.3 is 0 Å². The largest absolute Gasteiger partial charge is 0.409 e. The van der Waals surface area contributed by atoms with Crippen molar-refractivity contribution in [3.63, 3.8) is 0 Å². The smallest absolute Gasteiger partial charge is 0.170 e. The van der Waals surface area contributed by atoms with Crippen LogP contribution < -0.4 is 5.73 Å². The molecule has 0 radical (unpaired) electrons. The van der Waals surface area contributed by atoms with Gasteiger partial charge in [0.05, 0.1) is 0 Å². The van der Waals surface area contributed by atoms with Crippen LogP contribution >= 0.6 is 0 Å². The van der Waals surface area contributed by atoms with Gasteiger partial charge in [0.25, 0.3) is 0 Å². The van der Waals surface area contributed by atoms with Crippen molar-refractivity contribution < 1.29 is 5.21 Å². The van der Waals surface area contributed by atoms with Crippen LogP contribution in [0.25, 0.3) is 0 Å². The first kappa shape index (κ1) is 16.5. The van der Waals surface area contributed by atoms with Crippen LogP contribution in [0.3, 0.4) is 0 Å². The molecule has 4 nitrogen and oxygen atoms in total. The summed E-state index contributed by atoms with van der Waals surface area (Å²) in [5, 5.41) is 11.7. The van der Waals surface area contributed by atoms with Crippen molar-refractivity contribution in [2.24, 2.45) is 10.9 Å². The SMILES string of the molecule is CCCCCN(Cc1ccc(C(N)=NO)cc1)C(C)C. The number of oxime groups is 1. The molecule has 20 heavy (non-hydrogen) atoms. The molecular weight excluding hydrogens is 250 g/mol. The molecule has 0 aliphatic heterocycles. The highest BCUT2D eigenvalue weighted by atomic mass is 16.4. The van der Waals surface area contributed by atoms with E-state index in [0.717, 1.165) is 18.7 Å². The van der Waals surface area contributed by atoms with Crippen LogP contribution in [0.5, 0.6) is 0 Å². The minimum atomic E-state index is 0.153. The third-order valence-electron chi connectivity index (χ3n) is 3.52. The fourth-order valence-corrected chi connectivity index (χ4v) is 2.16. The molecule has 0 unspecified atom stereocenters. The van der Waals surface area contributed by atoms with Crippen molar-refractivity contribution in [1.29, 1.82) is 0 Å². The highest BCUT2D eigenvalue weighted by Crippen LogP contribution is 2.11. The van der Waals surface area contributed by atoms with E-state index in [-0.39, 0.29) is 5.84 Å². The second kappa shape index (κ2) is 8.59. The molecule has 0 spiro atoms. The van der Waals surface area contributed by atoms with Crippen LogP contribution in [-0.4, -0.2) is 28.5 Å². The first-order valence-electron chi connectivity index (χ1n) is 7.39. The van der Waals surface area contributed by atoms with Crippen LogP contribution in [0.1, 0.15) is 51.2 Å². The Morgan fingerprint density at radius 3 is 2.40 bits per heavy atom. The number of nitrogens with two attached hydrogens (primary N) is 1. The van der Waals surface area contributed by atoms with Crippen molar-refractivity contribution in [2.45, 2.75) is 52.6 Å². The summed E-state index contributed by atoms with van der Waals surface area (Å²) in [5.41, 5.74) is 7.57. The van der Waals surface area contributed by atoms with Crippen LogP contribution in [0, 0.1) is 0 Å². The van der Waals surface area contributed by atoms with Gasteiger partial charge in [-0.15, -0.1) is 0 Å². The van der Waals surface area contributed by atoms with E-state index in [2.05, 4.69) is 30.8 Å². The molecule has 4 heteroatoms. The maximum atomic E-state index is 8.65. The maximum absolute atomic E-state index is 8.65. The van der Waals surface area contributed by atoms with E-state index in [1.54, 1.807) is 0 Å². The zero-order valence-corrected chi connectivity index (χ0v) is 12.8. The lowest BCUT2D eigenvalue weighted by molar-refractivity contribution is 0.208. The minimum absolute atomic E-state index is 0.153. The zero-order valence-electron chi connectivity index (χ0n) is 12.8. The van der Waals surface area contributed by atoms with Gasteiger partial charge in [-0.1, -0.05) is 49.2 Å². The monoisotopic (exact) mass is 277 g/mol. The highest BCUT2D eigenvalue weighted by Gasteiger charge is 2.10. The van der Waals surface area contributed by atoms with Gasteiger partial charge in [0.15, 0.2) is 5.84 Å². The molecule has 0 fully saturated rings. The van der Waals surface area contributed by atoms with E-state index in [0.29, 0.717) is 6.04 Å². The first-order valence-corrected chi connectivity index (χ1v) is 7.39. The molecule has 0 aliphatic carbocycles. The molecule has 0 saturated carbocycles. The number of benzene rings is 1. The number of unbranched alkanes of at least 4 members (excludes halogenated alkanes) is 2. The molecule has 0 heterocycles. The van der Waals surface area contributed by atoms with Crippen molar-refractivity contribution >= 4 is 5.84 Å². The van der Waals surface area contributed by atoms with Crippen LogP contribution in [0.4, 0.5) is 0 Å². The first-order chi connectivity index (χ1) is 9.58. The quantitative estimate of drug-likeness (QED) is 0.252. The van der Waals surface area contributed by atoms with Gasteiger partial charge < -0.3 is 10.9 Å². The van der Waals surface area contributed by atoms with E-state index < -0.39 is 0 Å². The maximum Gasteiger partial charge on any atom is 0.170 e. The van der Waals surface area contributed by atoms with Crippen molar-refractivity contribution in [1.82, 2.24) is 4.90 Å². The molecule has 0 aliphatic rings. The molecule has 1 aromatic rings. The Kier molecular flexibility index (Phi) is 7.09. The Bertz CT molecular complexity index is 412. The van der Waals surface area contributed by atoms with E-state index in [1.165, 1.54) is 24.8 Å². The standard InChI is InChI=1S/C16H27N3O/c1-4-5-6-11-19(13(2)3)12-14-7-9-15(10-8-14)16(17)18-20/h7-10,13,20H,4-6,11-12H2,1-3H3,(H2,17,18). The van der Waals surface area contributed by atoms with Crippen LogP contribution in [0.15, 0.2) is 29.4 Å². The fourth-order valence-electron chi connectivity index (χ4n) is 2.16. The molecule has 3 N–H and O–H groups in total. The number of rotatable bonds is 8. The lowest BCUT2D eigenvalue weighted by Gasteiger charge is -2.26. The zero-order chi connectivity index (χ0) is 15.0. The Labute approximate surface area is 122 Å². The summed E-state index contributed by atoms with van der Waals surface area (Å²) in [4.78, 5) is 2.48. The molecular formula is C16H27N3O. The van der Waals surface area contributed by atoms with E-state index in [9.17, 15) is 0 Å². The van der Waals surface area contributed by atoms with Gasteiger partial charge in [-0.3, -0.25) is 4.90 Å². The topological polar surface area (TPSA) is 61.8 Å². The van der Waals surface area contributed by atoms with Crippen LogP contribution in [-0.2, 0) is 6.54 Å². The Morgan fingerprint density at radius 1 is 1.25 bits per heavy atom. The summed E-state index contributed by atoms with van der Waals surface area (Å²) in [5.74, 6) is 0.153.